The largest absolute Gasteiger partial charge is 0.497 e. The van der Waals surface area contributed by atoms with Gasteiger partial charge in [0.1, 0.15) is 17.7 Å². The number of nitrogens with zero attached hydrogens (tertiary/aromatic N) is 1. The second-order valence-electron chi connectivity index (χ2n) is 7.67. The number of nitrogens with one attached hydrogen (secondary N) is 2. The molecule has 1 saturated heterocycles. The lowest BCUT2D eigenvalue weighted by Crippen LogP contribution is -2.53. The predicted molar refractivity (Wildman–Crippen MR) is 124 cm³/mol. The molecule has 0 spiro atoms. The van der Waals surface area contributed by atoms with Crippen molar-refractivity contribution in [3.8, 4) is 11.5 Å². The lowest BCUT2D eigenvalue weighted by molar-refractivity contribution is -0.140. The van der Waals surface area contributed by atoms with Gasteiger partial charge >= 0.3 is 11.8 Å². The molecule has 0 saturated carbocycles. The van der Waals surface area contributed by atoms with E-state index >= 15 is 0 Å². The van der Waals surface area contributed by atoms with Crippen molar-refractivity contribution in [1.29, 1.82) is 0 Å². The summed E-state index contributed by atoms with van der Waals surface area (Å²) in [6.07, 6.45) is -0.416. The number of amides is 2. The SMILES string of the molecule is COc1ccc(CNC(=O)C(=O)NC[C@@H]2OCCCN2S(=O)(=O)c2ccc(OC)c(C)c2)cc1. The Bertz CT molecular complexity index is 1120. The lowest BCUT2D eigenvalue weighted by atomic mass is 10.2. The number of aryl methyl sites for hydroxylation is 1. The molecular weight excluding hydrogens is 462 g/mol. The number of ether oxygens (including phenoxy) is 3. The average Bonchev–Trinajstić information content (AvgIpc) is 2.86. The van der Waals surface area contributed by atoms with Gasteiger partial charge in [-0.3, -0.25) is 9.59 Å². The third-order valence-electron chi connectivity index (χ3n) is 5.38. The lowest BCUT2D eigenvalue weighted by Gasteiger charge is -2.34. The molecule has 11 heteroatoms. The van der Waals surface area contributed by atoms with Crippen LogP contribution in [0.1, 0.15) is 17.5 Å². The van der Waals surface area contributed by atoms with Crippen LogP contribution in [-0.4, -0.2) is 64.7 Å². The second-order valence-corrected chi connectivity index (χ2v) is 9.56. The van der Waals surface area contributed by atoms with Crippen LogP contribution in [0.4, 0.5) is 0 Å². The fraction of sp³-hybridized carbons (Fsp3) is 0.391. The fourth-order valence-electron chi connectivity index (χ4n) is 3.52. The number of carbonyl (C=O) groups is 2. The maximum Gasteiger partial charge on any atom is 0.309 e. The van der Waals surface area contributed by atoms with E-state index in [1.807, 2.05) is 0 Å². The van der Waals surface area contributed by atoms with Crippen LogP contribution in [0.3, 0.4) is 0 Å². The van der Waals surface area contributed by atoms with E-state index in [9.17, 15) is 18.0 Å². The molecule has 34 heavy (non-hydrogen) atoms. The predicted octanol–water partition coefficient (Wildman–Crippen LogP) is 1.18. The minimum Gasteiger partial charge on any atom is -0.497 e. The zero-order valence-electron chi connectivity index (χ0n) is 19.4. The molecule has 0 bridgehead atoms. The molecule has 1 heterocycles. The molecule has 1 aliphatic heterocycles. The van der Waals surface area contributed by atoms with Gasteiger partial charge in [0.2, 0.25) is 10.0 Å². The van der Waals surface area contributed by atoms with Crippen LogP contribution in [0.2, 0.25) is 0 Å². The number of methoxy groups -OCH3 is 2. The van der Waals surface area contributed by atoms with Crippen LogP contribution >= 0.6 is 0 Å². The Hall–Kier alpha value is -3.15. The van der Waals surface area contributed by atoms with E-state index in [-0.39, 0.29) is 24.5 Å². The molecule has 184 valence electrons. The summed E-state index contributed by atoms with van der Waals surface area (Å²) >= 11 is 0. The average molecular weight is 492 g/mol. The van der Waals surface area contributed by atoms with Gasteiger partial charge in [-0.05, 0) is 54.8 Å². The van der Waals surface area contributed by atoms with Crippen molar-refractivity contribution in [2.45, 2.75) is 31.0 Å². The zero-order chi connectivity index (χ0) is 24.7. The molecule has 0 aromatic heterocycles. The van der Waals surface area contributed by atoms with Gasteiger partial charge in [-0.2, -0.15) is 4.31 Å². The first kappa shape index (κ1) is 25.5. The smallest absolute Gasteiger partial charge is 0.309 e. The van der Waals surface area contributed by atoms with Crippen LogP contribution in [-0.2, 0) is 30.9 Å². The Morgan fingerprint density at radius 2 is 1.76 bits per heavy atom. The Morgan fingerprint density at radius 1 is 1.06 bits per heavy atom. The van der Waals surface area contributed by atoms with E-state index in [1.165, 1.54) is 23.5 Å². The number of hydrogen-bond acceptors (Lipinski definition) is 7. The topological polar surface area (TPSA) is 123 Å². The van der Waals surface area contributed by atoms with E-state index in [4.69, 9.17) is 14.2 Å². The molecule has 2 amide bonds. The van der Waals surface area contributed by atoms with Crippen LogP contribution < -0.4 is 20.1 Å². The molecule has 2 aromatic rings. The first-order valence-electron chi connectivity index (χ1n) is 10.7. The van der Waals surface area contributed by atoms with Gasteiger partial charge in [-0.25, -0.2) is 8.42 Å². The summed E-state index contributed by atoms with van der Waals surface area (Å²) in [5.74, 6) is -0.435. The van der Waals surface area contributed by atoms with E-state index in [0.29, 0.717) is 30.1 Å². The van der Waals surface area contributed by atoms with Crippen molar-refractivity contribution in [2.24, 2.45) is 0 Å². The van der Waals surface area contributed by atoms with E-state index < -0.39 is 28.1 Å². The maximum atomic E-state index is 13.2. The van der Waals surface area contributed by atoms with Crippen molar-refractivity contribution in [2.75, 3.05) is 33.9 Å². The molecule has 0 unspecified atom stereocenters. The highest BCUT2D eigenvalue weighted by molar-refractivity contribution is 7.89. The van der Waals surface area contributed by atoms with Gasteiger partial charge in [0, 0.05) is 13.1 Å². The van der Waals surface area contributed by atoms with Crippen molar-refractivity contribution in [3.63, 3.8) is 0 Å². The van der Waals surface area contributed by atoms with Crippen LogP contribution in [0.15, 0.2) is 47.4 Å². The maximum absolute atomic E-state index is 13.2. The highest BCUT2D eigenvalue weighted by atomic mass is 32.2. The van der Waals surface area contributed by atoms with Crippen molar-refractivity contribution < 1.29 is 32.2 Å². The standard InChI is InChI=1S/C23H29N3O7S/c1-16-13-19(9-10-20(16)32-3)34(29,30)26-11-4-12-33-21(26)15-25-23(28)22(27)24-14-17-5-7-18(31-2)8-6-17/h5-10,13,21H,4,11-12,14-15H2,1-3H3,(H,24,27)(H,25,28)/t21-/m0/s1. The quantitative estimate of drug-likeness (QED) is 0.532. The first-order chi connectivity index (χ1) is 16.3. The zero-order valence-corrected chi connectivity index (χ0v) is 20.2. The molecule has 1 aliphatic rings. The Balaban J connectivity index is 1.60. The molecule has 1 fully saturated rings. The molecule has 3 rings (SSSR count). The highest BCUT2D eigenvalue weighted by Gasteiger charge is 2.35. The Kier molecular flexibility index (Phi) is 8.48. The minimum absolute atomic E-state index is 0.102. The fourth-order valence-corrected chi connectivity index (χ4v) is 5.17. The van der Waals surface area contributed by atoms with E-state index in [0.717, 1.165) is 5.56 Å². The van der Waals surface area contributed by atoms with Crippen LogP contribution in [0.25, 0.3) is 0 Å². The van der Waals surface area contributed by atoms with Gasteiger partial charge < -0.3 is 24.8 Å². The van der Waals surface area contributed by atoms with Crippen molar-refractivity contribution in [3.05, 3.63) is 53.6 Å². The van der Waals surface area contributed by atoms with Gasteiger partial charge in [-0.15, -0.1) is 0 Å². The Morgan fingerprint density at radius 3 is 2.41 bits per heavy atom. The minimum atomic E-state index is -3.89. The number of hydrogen-bond donors (Lipinski definition) is 2. The highest BCUT2D eigenvalue weighted by Crippen LogP contribution is 2.26. The van der Waals surface area contributed by atoms with Gasteiger partial charge in [0.25, 0.3) is 0 Å². The van der Waals surface area contributed by atoms with Crippen molar-refractivity contribution >= 4 is 21.8 Å². The summed E-state index contributed by atoms with van der Waals surface area (Å²) in [6.45, 7) is 2.33. The molecule has 0 aliphatic carbocycles. The first-order valence-corrected chi connectivity index (χ1v) is 12.2. The van der Waals surface area contributed by atoms with E-state index in [2.05, 4.69) is 10.6 Å². The molecular formula is C23H29N3O7S. The molecule has 10 nitrogen and oxygen atoms in total. The van der Waals surface area contributed by atoms with Gasteiger partial charge in [0.05, 0.1) is 32.3 Å². The summed E-state index contributed by atoms with van der Waals surface area (Å²) < 4.78 is 43.6. The molecule has 0 radical (unpaired) electrons. The molecule has 1 atom stereocenters. The molecule has 2 aromatic carbocycles. The summed E-state index contributed by atoms with van der Waals surface area (Å²) in [4.78, 5) is 24.5. The van der Waals surface area contributed by atoms with Crippen LogP contribution in [0.5, 0.6) is 11.5 Å². The summed E-state index contributed by atoms with van der Waals surface area (Å²) in [6, 6.07) is 11.6. The normalized spacial score (nSPS) is 16.5. The number of carbonyl (C=O) groups excluding carboxylic acids is 2. The van der Waals surface area contributed by atoms with E-state index in [1.54, 1.807) is 44.4 Å². The van der Waals surface area contributed by atoms with Gasteiger partial charge in [0.15, 0.2) is 0 Å². The second kappa shape index (κ2) is 11.3. The summed E-state index contributed by atoms with van der Waals surface area (Å²) in [5.41, 5.74) is 1.48. The number of rotatable bonds is 8. The summed E-state index contributed by atoms with van der Waals surface area (Å²) in [5, 5.41) is 5.00. The summed E-state index contributed by atoms with van der Waals surface area (Å²) in [7, 11) is -0.816. The third-order valence-corrected chi connectivity index (χ3v) is 7.27. The monoisotopic (exact) mass is 491 g/mol. The number of benzene rings is 2. The Labute approximate surface area is 199 Å². The van der Waals surface area contributed by atoms with Crippen molar-refractivity contribution in [1.82, 2.24) is 14.9 Å². The number of sulfonamides is 1. The third kappa shape index (κ3) is 6.04. The van der Waals surface area contributed by atoms with Gasteiger partial charge in [-0.1, -0.05) is 12.1 Å². The molecule has 2 N–H and O–H groups in total. The van der Waals surface area contributed by atoms with Crippen LogP contribution in [0, 0.1) is 6.92 Å².